The second kappa shape index (κ2) is 8.03. The van der Waals surface area contributed by atoms with Crippen LogP contribution >= 0.6 is 11.9 Å². The molecule has 2 N–H and O–H groups in total. The molecule has 1 aromatic carbocycles. The molecule has 0 aliphatic heterocycles. The number of nitrogens with zero attached hydrogens (tertiary/aromatic N) is 3. The molecule has 158 valence electrons. The van der Waals surface area contributed by atoms with E-state index in [1.165, 1.54) is 19.3 Å². The van der Waals surface area contributed by atoms with Gasteiger partial charge in [-0.15, -0.1) is 0 Å². The Labute approximate surface area is 179 Å². The average molecular weight is 443 g/mol. The molecular weight excluding hydrogens is 427 g/mol. The molecule has 0 amide bonds. The van der Waals surface area contributed by atoms with Crippen molar-refractivity contribution in [1.29, 1.82) is 0 Å². The van der Waals surface area contributed by atoms with Gasteiger partial charge in [-0.3, -0.25) is 9.78 Å². The number of nitrogens with one attached hydrogen (secondary N) is 2. The fraction of sp³-hybridized carbons (Fsp3) is 0.143. The van der Waals surface area contributed by atoms with Crippen LogP contribution < -0.4 is 4.72 Å². The lowest BCUT2D eigenvalue weighted by Crippen LogP contribution is -2.10. The summed E-state index contributed by atoms with van der Waals surface area (Å²) in [4.78, 5) is 28.9. The van der Waals surface area contributed by atoms with Crippen LogP contribution in [0, 0.1) is 13.8 Å². The standard InChI is InChI=1S/C21H16F3N5OS/c1-11-7-16(29-31-13-4-3-12(2)15(8-13)21(22,23)24)18(26-9-11)19(30)17-14-5-6-25-20(14)28-10-27-17/h3-10,29H,1-2H3,(H,25,27,28). The number of benzene rings is 1. The van der Waals surface area contributed by atoms with Gasteiger partial charge in [0.15, 0.2) is 0 Å². The third kappa shape index (κ3) is 4.24. The maximum atomic E-state index is 13.2. The third-order valence-corrected chi connectivity index (χ3v) is 5.41. The number of aromatic amines is 1. The molecule has 0 unspecified atom stereocenters. The Bertz CT molecular complexity index is 1290. The predicted molar refractivity (Wildman–Crippen MR) is 112 cm³/mol. The minimum absolute atomic E-state index is 0.113. The minimum Gasteiger partial charge on any atom is -0.346 e. The zero-order valence-electron chi connectivity index (χ0n) is 16.4. The SMILES string of the molecule is Cc1cnc(C(=O)c2ncnc3[nH]ccc23)c(NSc2ccc(C)c(C(F)(F)F)c2)c1. The summed E-state index contributed by atoms with van der Waals surface area (Å²) < 4.78 is 42.6. The van der Waals surface area contributed by atoms with Crippen molar-refractivity contribution in [2.45, 2.75) is 24.9 Å². The lowest BCUT2D eigenvalue weighted by atomic mass is 10.1. The summed E-state index contributed by atoms with van der Waals surface area (Å²) in [5, 5.41) is 0.557. The van der Waals surface area contributed by atoms with Gasteiger partial charge in [0.25, 0.3) is 0 Å². The van der Waals surface area contributed by atoms with E-state index in [-0.39, 0.29) is 17.0 Å². The molecule has 4 aromatic rings. The summed E-state index contributed by atoms with van der Waals surface area (Å²) in [5.74, 6) is -0.421. The maximum absolute atomic E-state index is 13.2. The van der Waals surface area contributed by atoms with Gasteiger partial charge in [-0.25, -0.2) is 9.97 Å². The van der Waals surface area contributed by atoms with Gasteiger partial charge in [-0.2, -0.15) is 13.2 Å². The molecule has 0 spiro atoms. The summed E-state index contributed by atoms with van der Waals surface area (Å²) in [6.07, 6.45) is 0.0459. The summed E-state index contributed by atoms with van der Waals surface area (Å²) >= 11 is 0.972. The van der Waals surface area contributed by atoms with E-state index in [0.717, 1.165) is 23.6 Å². The molecule has 31 heavy (non-hydrogen) atoms. The Morgan fingerprint density at radius 3 is 2.65 bits per heavy atom. The van der Waals surface area contributed by atoms with Crippen molar-refractivity contribution in [3.63, 3.8) is 0 Å². The molecule has 6 nitrogen and oxygen atoms in total. The van der Waals surface area contributed by atoms with Crippen molar-refractivity contribution < 1.29 is 18.0 Å². The second-order valence-corrected chi connectivity index (χ2v) is 7.76. The quantitative estimate of drug-likeness (QED) is 0.320. The molecule has 4 rings (SSSR count). The minimum atomic E-state index is -4.44. The number of fused-ring (bicyclic) bond motifs is 1. The first-order chi connectivity index (χ1) is 14.7. The molecule has 0 aliphatic carbocycles. The molecule has 0 saturated carbocycles. The number of aryl methyl sites for hydroxylation is 2. The zero-order chi connectivity index (χ0) is 22.2. The molecule has 3 heterocycles. The number of anilines is 1. The average Bonchev–Trinajstić information content (AvgIpc) is 3.21. The van der Waals surface area contributed by atoms with Crippen LogP contribution in [0.1, 0.15) is 32.9 Å². The monoisotopic (exact) mass is 443 g/mol. The van der Waals surface area contributed by atoms with E-state index in [9.17, 15) is 18.0 Å². The van der Waals surface area contributed by atoms with Gasteiger partial charge in [0.1, 0.15) is 23.4 Å². The van der Waals surface area contributed by atoms with Crippen molar-refractivity contribution in [3.8, 4) is 0 Å². The number of alkyl halides is 3. The summed E-state index contributed by atoms with van der Waals surface area (Å²) in [5.41, 5.74) is 1.43. The van der Waals surface area contributed by atoms with E-state index in [2.05, 4.69) is 24.7 Å². The van der Waals surface area contributed by atoms with Gasteiger partial charge in [0.2, 0.25) is 5.78 Å². The number of hydrogen-bond donors (Lipinski definition) is 2. The zero-order valence-corrected chi connectivity index (χ0v) is 17.2. The van der Waals surface area contributed by atoms with Gasteiger partial charge in [0, 0.05) is 22.7 Å². The van der Waals surface area contributed by atoms with Crippen molar-refractivity contribution in [2.75, 3.05) is 4.72 Å². The number of ketones is 1. The van der Waals surface area contributed by atoms with Crippen LogP contribution in [0.25, 0.3) is 11.0 Å². The van der Waals surface area contributed by atoms with Crippen molar-refractivity contribution in [1.82, 2.24) is 19.9 Å². The third-order valence-electron chi connectivity index (χ3n) is 4.60. The molecule has 0 aliphatic rings. The first-order valence-electron chi connectivity index (χ1n) is 9.14. The van der Waals surface area contributed by atoms with Gasteiger partial charge in [0.05, 0.1) is 11.3 Å². The topological polar surface area (TPSA) is 83.6 Å². The summed E-state index contributed by atoms with van der Waals surface area (Å²) in [6, 6.07) is 7.48. The fourth-order valence-electron chi connectivity index (χ4n) is 3.08. The molecule has 0 fully saturated rings. The molecule has 3 aromatic heterocycles. The fourth-order valence-corrected chi connectivity index (χ4v) is 3.77. The van der Waals surface area contributed by atoms with Gasteiger partial charge >= 0.3 is 6.18 Å². The normalized spacial score (nSPS) is 11.6. The van der Waals surface area contributed by atoms with E-state index in [1.807, 2.05) is 0 Å². The van der Waals surface area contributed by atoms with Gasteiger partial charge in [-0.05, 0) is 61.2 Å². The second-order valence-electron chi connectivity index (χ2n) is 6.88. The first-order valence-corrected chi connectivity index (χ1v) is 9.96. The molecular formula is C21H16F3N5OS. The number of hydrogen-bond acceptors (Lipinski definition) is 6. The smallest absolute Gasteiger partial charge is 0.346 e. The van der Waals surface area contributed by atoms with Crippen LogP contribution in [0.5, 0.6) is 0 Å². The van der Waals surface area contributed by atoms with Crippen LogP contribution in [0.15, 0.2) is 53.9 Å². The number of rotatable bonds is 5. The van der Waals surface area contributed by atoms with Crippen LogP contribution in [-0.4, -0.2) is 25.7 Å². The Hall–Kier alpha value is -3.40. The van der Waals surface area contributed by atoms with Crippen LogP contribution in [0.3, 0.4) is 0 Å². The predicted octanol–water partition coefficient (Wildman–Crippen LogP) is 5.34. The van der Waals surface area contributed by atoms with Crippen molar-refractivity contribution in [2.24, 2.45) is 0 Å². The maximum Gasteiger partial charge on any atom is 0.416 e. The molecule has 0 atom stereocenters. The molecule has 0 radical (unpaired) electrons. The van der Waals surface area contributed by atoms with Crippen molar-refractivity contribution in [3.05, 3.63) is 77.1 Å². The number of aromatic nitrogens is 4. The highest BCUT2D eigenvalue weighted by Gasteiger charge is 2.32. The number of halogens is 3. The van der Waals surface area contributed by atoms with Crippen LogP contribution in [0.2, 0.25) is 0 Å². The summed E-state index contributed by atoms with van der Waals surface area (Å²) in [7, 11) is 0. The van der Waals surface area contributed by atoms with E-state index >= 15 is 0 Å². The number of carbonyl (C=O) groups excluding carboxylic acids is 1. The molecule has 0 bridgehead atoms. The van der Waals surface area contributed by atoms with Gasteiger partial charge < -0.3 is 9.71 Å². The van der Waals surface area contributed by atoms with Crippen molar-refractivity contribution >= 4 is 34.5 Å². The number of H-pyrrole nitrogens is 1. The Kier molecular flexibility index (Phi) is 5.40. The summed E-state index contributed by atoms with van der Waals surface area (Å²) in [6.45, 7) is 3.22. The van der Waals surface area contributed by atoms with Crippen LogP contribution in [-0.2, 0) is 6.18 Å². The first kappa shape index (κ1) is 20.9. The highest BCUT2D eigenvalue weighted by atomic mass is 32.2. The van der Waals surface area contributed by atoms with E-state index < -0.39 is 17.5 Å². The van der Waals surface area contributed by atoms with E-state index in [1.54, 1.807) is 37.5 Å². The number of pyridine rings is 1. The molecule has 10 heteroatoms. The van der Waals surface area contributed by atoms with E-state index in [0.29, 0.717) is 21.6 Å². The molecule has 0 saturated heterocycles. The van der Waals surface area contributed by atoms with E-state index in [4.69, 9.17) is 0 Å². The Balaban J connectivity index is 1.66. The highest BCUT2D eigenvalue weighted by molar-refractivity contribution is 8.00. The van der Waals surface area contributed by atoms with Crippen LogP contribution in [0.4, 0.5) is 18.9 Å². The lowest BCUT2D eigenvalue weighted by Gasteiger charge is -2.14. The van der Waals surface area contributed by atoms with Gasteiger partial charge in [-0.1, -0.05) is 6.07 Å². The number of carbonyl (C=O) groups is 1. The highest BCUT2D eigenvalue weighted by Crippen LogP contribution is 2.35. The lowest BCUT2D eigenvalue weighted by molar-refractivity contribution is -0.138. The Morgan fingerprint density at radius 1 is 1.06 bits per heavy atom. The largest absolute Gasteiger partial charge is 0.416 e. The Morgan fingerprint density at radius 2 is 1.87 bits per heavy atom.